The molecule has 1 atom stereocenters. The summed E-state index contributed by atoms with van der Waals surface area (Å²) in [4.78, 5) is 24.4. The molecule has 2 aliphatic heterocycles. The van der Waals surface area contributed by atoms with Crippen LogP contribution >= 0.6 is 0 Å². The van der Waals surface area contributed by atoms with E-state index in [1.54, 1.807) is 24.3 Å². The molecule has 2 aromatic carbocycles. The molecule has 20 heavy (non-hydrogen) atoms. The molecule has 0 saturated carbocycles. The number of carbonyl (C=O) groups excluding carboxylic acids is 2. The van der Waals surface area contributed by atoms with Crippen LogP contribution in [-0.2, 0) is 15.0 Å². The van der Waals surface area contributed by atoms with E-state index < -0.39 is 17.4 Å². The van der Waals surface area contributed by atoms with Gasteiger partial charge in [-0.3, -0.25) is 9.59 Å². The molecule has 0 radical (unpaired) electrons. The lowest BCUT2D eigenvalue weighted by molar-refractivity contribution is -0.145. The molecular formula is C16H10O4. The van der Waals surface area contributed by atoms with E-state index in [0.717, 1.165) is 5.56 Å². The minimum Gasteiger partial charge on any atom is -0.426 e. The third-order valence-corrected chi connectivity index (χ3v) is 3.88. The summed E-state index contributed by atoms with van der Waals surface area (Å²) in [5, 5.41) is 0. The van der Waals surface area contributed by atoms with Crippen LogP contribution in [-0.4, -0.2) is 11.9 Å². The number of ether oxygens (including phenoxy) is 2. The zero-order valence-corrected chi connectivity index (χ0v) is 10.5. The van der Waals surface area contributed by atoms with Crippen LogP contribution in [0.2, 0.25) is 0 Å². The molecule has 1 unspecified atom stereocenters. The summed E-state index contributed by atoms with van der Waals surface area (Å²) in [6.45, 7) is 0. The van der Waals surface area contributed by atoms with E-state index >= 15 is 0 Å². The molecule has 0 saturated heterocycles. The van der Waals surface area contributed by atoms with Crippen molar-refractivity contribution in [1.29, 1.82) is 0 Å². The Balaban J connectivity index is 2.06. The van der Waals surface area contributed by atoms with Crippen molar-refractivity contribution in [3.05, 3.63) is 59.7 Å². The second-order valence-corrected chi connectivity index (χ2v) is 4.94. The van der Waals surface area contributed by atoms with Crippen molar-refractivity contribution in [2.45, 2.75) is 11.8 Å². The van der Waals surface area contributed by atoms with Gasteiger partial charge in [0.05, 0.1) is 6.42 Å². The molecule has 2 aliphatic rings. The van der Waals surface area contributed by atoms with E-state index in [1.807, 2.05) is 24.3 Å². The molecule has 0 aromatic heterocycles. The fourth-order valence-electron chi connectivity index (χ4n) is 3.01. The van der Waals surface area contributed by atoms with Crippen molar-refractivity contribution in [3.63, 3.8) is 0 Å². The SMILES string of the molecule is O=C1CC2(C(=O)Oc3ccccc32)c2ccccc2O1. The number of fused-ring (bicyclic) bond motifs is 4. The monoisotopic (exact) mass is 266 g/mol. The highest BCUT2D eigenvalue weighted by molar-refractivity contribution is 6.00. The van der Waals surface area contributed by atoms with E-state index in [9.17, 15) is 9.59 Å². The first-order chi connectivity index (χ1) is 9.72. The number of rotatable bonds is 0. The molecule has 0 amide bonds. The number of hydrogen-bond donors (Lipinski definition) is 0. The van der Waals surface area contributed by atoms with Gasteiger partial charge in [0, 0.05) is 11.1 Å². The van der Waals surface area contributed by atoms with Crippen molar-refractivity contribution >= 4 is 11.9 Å². The summed E-state index contributed by atoms with van der Waals surface area (Å²) >= 11 is 0. The summed E-state index contributed by atoms with van der Waals surface area (Å²) < 4.78 is 10.6. The van der Waals surface area contributed by atoms with Crippen LogP contribution in [0.1, 0.15) is 17.5 Å². The van der Waals surface area contributed by atoms with Gasteiger partial charge in [-0.1, -0.05) is 36.4 Å². The zero-order valence-electron chi connectivity index (χ0n) is 10.5. The highest BCUT2D eigenvalue weighted by Crippen LogP contribution is 2.51. The molecular weight excluding hydrogens is 256 g/mol. The van der Waals surface area contributed by atoms with Crippen molar-refractivity contribution in [1.82, 2.24) is 0 Å². The molecule has 4 rings (SSSR count). The quantitative estimate of drug-likeness (QED) is 0.542. The molecule has 0 bridgehead atoms. The van der Waals surface area contributed by atoms with Crippen LogP contribution in [0.3, 0.4) is 0 Å². The standard InChI is InChI=1S/C16H10O4/c17-14-9-16(10-5-1-3-7-12(10)19-14)11-6-2-4-8-13(11)20-15(16)18/h1-8H,9H2. The molecule has 0 fully saturated rings. The van der Waals surface area contributed by atoms with Gasteiger partial charge in [0.2, 0.25) is 0 Å². The number of para-hydroxylation sites is 2. The Labute approximate surface area is 114 Å². The zero-order chi connectivity index (χ0) is 13.7. The summed E-state index contributed by atoms with van der Waals surface area (Å²) in [7, 11) is 0. The number of carbonyl (C=O) groups is 2. The van der Waals surface area contributed by atoms with E-state index in [0.29, 0.717) is 17.1 Å². The maximum atomic E-state index is 12.5. The predicted molar refractivity (Wildman–Crippen MR) is 69.6 cm³/mol. The second kappa shape index (κ2) is 3.70. The minimum absolute atomic E-state index is 0.0279. The molecule has 0 aliphatic carbocycles. The molecule has 2 heterocycles. The Morgan fingerprint density at radius 2 is 1.35 bits per heavy atom. The first-order valence-corrected chi connectivity index (χ1v) is 6.34. The summed E-state index contributed by atoms with van der Waals surface area (Å²) in [6, 6.07) is 14.3. The van der Waals surface area contributed by atoms with Gasteiger partial charge in [-0.2, -0.15) is 0 Å². The highest BCUT2D eigenvalue weighted by Gasteiger charge is 2.55. The fraction of sp³-hybridized carbons (Fsp3) is 0.125. The Hall–Kier alpha value is -2.62. The largest absolute Gasteiger partial charge is 0.426 e. The summed E-state index contributed by atoms with van der Waals surface area (Å²) in [5.41, 5.74) is 0.353. The van der Waals surface area contributed by atoms with Gasteiger partial charge in [0.25, 0.3) is 0 Å². The Bertz CT molecular complexity index is 750. The van der Waals surface area contributed by atoms with Crippen LogP contribution in [0.25, 0.3) is 0 Å². The Morgan fingerprint density at radius 1 is 0.800 bits per heavy atom. The van der Waals surface area contributed by atoms with Gasteiger partial charge in [-0.05, 0) is 12.1 Å². The maximum Gasteiger partial charge on any atom is 0.327 e. The third-order valence-electron chi connectivity index (χ3n) is 3.88. The smallest absolute Gasteiger partial charge is 0.327 e. The lowest BCUT2D eigenvalue weighted by Crippen LogP contribution is -2.42. The Kier molecular flexibility index (Phi) is 2.07. The Morgan fingerprint density at radius 3 is 2.00 bits per heavy atom. The molecule has 2 aromatic rings. The number of esters is 2. The van der Waals surface area contributed by atoms with Gasteiger partial charge < -0.3 is 9.47 Å². The third kappa shape index (κ3) is 1.25. The van der Waals surface area contributed by atoms with Crippen LogP contribution in [0.5, 0.6) is 11.5 Å². The van der Waals surface area contributed by atoms with Gasteiger partial charge in [0.1, 0.15) is 16.9 Å². The predicted octanol–water partition coefficient (Wildman–Crippen LogP) is 2.20. The lowest BCUT2D eigenvalue weighted by atomic mass is 9.71. The van der Waals surface area contributed by atoms with Crippen LogP contribution in [0.15, 0.2) is 48.5 Å². The number of benzene rings is 2. The second-order valence-electron chi connectivity index (χ2n) is 4.94. The van der Waals surface area contributed by atoms with Gasteiger partial charge in [-0.25, -0.2) is 0 Å². The molecule has 4 heteroatoms. The van der Waals surface area contributed by atoms with E-state index in [1.165, 1.54) is 0 Å². The molecule has 98 valence electrons. The fourth-order valence-corrected chi connectivity index (χ4v) is 3.01. The van der Waals surface area contributed by atoms with Crippen molar-refractivity contribution in [3.8, 4) is 11.5 Å². The molecule has 0 N–H and O–H groups in total. The van der Waals surface area contributed by atoms with Gasteiger partial charge >= 0.3 is 11.9 Å². The van der Waals surface area contributed by atoms with Crippen molar-refractivity contribution < 1.29 is 19.1 Å². The average Bonchev–Trinajstić information content (AvgIpc) is 2.72. The van der Waals surface area contributed by atoms with Crippen molar-refractivity contribution in [2.24, 2.45) is 0 Å². The van der Waals surface area contributed by atoms with Crippen LogP contribution in [0.4, 0.5) is 0 Å². The van der Waals surface area contributed by atoms with E-state index in [4.69, 9.17) is 9.47 Å². The van der Waals surface area contributed by atoms with Gasteiger partial charge in [-0.15, -0.1) is 0 Å². The summed E-state index contributed by atoms with van der Waals surface area (Å²) in [5.74, 6) is 0.111. The number of hydrogen-bond acceptors (Lipinski definition) is 4. The highest BCUT2D eigenvalue weighted by atomic mass is 16.6. The van der Waals surface area contributed by atoms with Gasteiger partial charge in [0.15, 0.2) is 0 Å². The molecule has 4 nitrogen and oxygen atoms in total. The lowest BCUT2D eigenvalue weighted by Gasteiger charge is -2.31. The molecule has 1 spiro atoms. The summed E-state index contributed by atoms with van der Waals surface area (Å²) in [6.07, 6.45) is -0.0279. The maximum absolute atomic E-state index is 12.5. The minimum atomic E-state index is -1.07. The van der Waals surface area contributed by atoms with E-state index in [2.05, 4.69) is 0 Å². The van der Waals surface area contributed by atoms with Crippen LogP contribution in [0, 0.1) is 0 Å². The first-order valence-electron chi connectivity index (χ1n) is 6.34. The topological polar surface area (TPSA) is 52.6 Å². The normalized spacial score (nSPS) is 23.0. The van der Waals surface area contributed by atoms with Crippen LogP contribution < -0.4 is 9.47 Å². The average molecular weight is 266 g/mol. The van der Waals surface area contributed by atoms with E-state index in [-0.39, 0.29) is 6.42 Å². The first kappa shape index (κ1) is 11.2. The van der Waals surface area contributed by atoms with Crippen molar-refractivity contribution in [2.75, 3.05) is 0 Å².